The topological polar surface area (TPSA) is 124 Å². The number of rotatable bonds is 24. The van der Waals surface area contributed by atoms with Crippen molar-refractivity contribution in [2.45, 2.75) is 70.6 Å². The highest BCUT2D eigenvalue weighted by Gasteiger charge is 2.36. The van der Waals surface area contributed by atoms with Crippen LogP contribution in [0.4, 0.5) is 0 Å². The largest absolute Gasteiger partial charge is 0.494 e. The molecule has 0 saturated heterocycles. The Kier molecular flexibility index (Phi) is 17.3. The van der Waals surface area contributed by atoms with Crippen molar-refractivity contribution in [2.75, 3.05) is 26.4 Å². The second kappa shape index (κ2) is 23.2. The molecular formula is C51H54O10. The van der Waals surface area contributed by atoms with E-state index in [1.807, 2.05) is 72.8 Å². The minimum atomic E-state index is -0.496. The van der Waals surface area contributed by atoms with Crippen molar-refractivity contribution in [3.05, 3.63) is 145 Å². The summed E-state index contributed by atoms with van der Waals surface area (Å²) in [4.78, 5) is 47.8. The molecule has 0 bridgehead atoms. The van der Waals surface area contributed by atoms with E-state index in [9.17, 15) is 19.2 Å². The van der Waals surface area contributed by atoms with Gasteiger partial charge in [-0.3, -0.25) is 0 Å². The summed E-state index contributed by atoms with van der Waals surface area (Å²) in [5.41, 5.74) is 5.27. The highest BCUT2D eigenvalue weighted by atomic mass is 16.5. The molecule has 0 amide bonds. The Hall–Kier alpha value is -6.68. The molecule has 0 spiro atoms. The highest BCUT2D eigenvalue weighted by Crippen LogP contribution is 2.50. The maximum Gasteiger partial charge on any atom is 0.336 e. The van der Waals surface area contributed by atoms with Crippen LogP contribution in [0.1, 0.15) is 87.5 Å². The fourth-order valence-electron chi connectivity index (χ4n) is 6.76. The number of benzene rings is 4. The maximum atomic E-state index is 12.8. The molecule has 1 aliphatic carbocycles. The number of hydrogen-bond acceptors (Lipinski definition) is 10. The van der Waals surface area contributed by atoms with Crippen molar-refractivity contribution in [2.24, 2.45) is 0 Å². The molecule has 0 fully saturated rings. The van der Waals surface area contributed by atoms with Crippen molar-refractivity contribution in [1.29, 1.82) is 0 Å². The van der Waals surface area contributed by atoms with Crippen LogP contribution >= 0.6 is 0 Å². The van der Waals surface area contributed by atoms with Gasteiger partial charge in [-0.1, -0.05) is 63.4 Å². The lowest BCUT2D eigenvalue weighted by molar-refractivity contribution is -0.138. The number of carbonyl (C=O) groups excluding carboxylic acids is 4. The van der Waals surface area contributed by atoms with Gasteiger partial charge in [0.05, 0.1) is 26.4 Å². The summed E-state index contributed by atoms with van der Waals surface area (Å²) < 4.78 is 33.0. The fourth-order valence-corrected chi connectivity index (χ4v) is 6.76. The lowest BCUT2D eigenvalue weighted by Gasteiger charge is -2.22. The SMILES string of the molecule is C=CC(=O)OCCCCCCOc1ccc(C=CC(=O)Oc2ccc3c(c2)C(C)(C)c2cc(OC(=O)C=Cc4ccc(OCCCCCCOC(=O)C=C)cc4)ccc2-3)cc1. The maximum absolute atomic E-state index is 12.8. The van der Waals surface area contributed by atoms with Crippen molar-refractivity contribution < 1.29 is 47.6 Å². The van der Waals surface area contributed by atoms with Crippen molar-refractivity contribution in [3.8, 4) is 34.1 Å². The predicted octanol–water partition coefficient (Wildman–Crippen LogP) is 10.6. The molecule has 10 nitrogen and oxygen atoms in total. The van der Waals surface area contributed by atoms with Crippen LogP contribution in [0.2, 0.25) is 0 Å². The Morgan fingerprint density at radius 1 is 0.475 bits per heavy atom. The molecule has 61 heavy (non-hydrogen) atoms. The number of hydrogen-bond donors (Lipinski definition) is 0. The van der Waals surface area contributed by atoms with Gasteiger partial charge in [-0.25, -0.2) is 19.2 Å². The van der Waals surface area contributed by atoms with Gasteiger partial charge in [0.2, 0.25) is 0 Å². The standard InChI is InChI=1S/C51H54O10/c1-5-47(52)58-33-13-9-7-11-31-56-39-21-15-37(16-22-39)19-29-49(54)60-41-25-27-43-44-28-26-42(36-46(44)51(3,4)45(43)35-41)61-50(55)30-20-38-17-23-40(24-18-38)57-32-12-8-10-14-34-59-48(53)6-2/h5-6,15-30,35-36H,1-2,7-14,31-34H2,3-4H3. The first-order valence-corrected chi connectivity index (χ1v) is 20.7. The van der Waals surface area contributed by atoms with Crippen LogP contribution in [-0.2, 0) is 34.1 Å². The number of ether oxygens (including phenoxy) is 6. The Balaban J connectivity index is 1.04. The van der Waals surface area contributed by atoms with E-state index < -0.39 is 29.3 Å². The van der Waals surface area contributed by atoms with Crippen LogP contribution in [0.25, 0.3) is 23.3 Å². The Labute approximate surface area is 358 Å². The monoisotopic (exact) mass is 826 g/mol. The van der Waals surface area contributed by atoms with E-state index in [0.29, 0.717) is 37.9 Å². The molecule has 0 heterocycles. The summed E-state index contributed by atoms with van der Waals surface area (Å²) >= 11 is 0. The van der Waals surface area contributed by atoms with Gasteiger partial charge in [0.1, 0.15) is 23.0 Å². The first-order valence-electron chi connectivity index (χ1n) is 20.7. The van der Waals surface area contributed by atoms with E-state index in [2.05, 4.69) is 27.0 Å². The second-order valence-corrected chi connectivity index (χ2v) is 15.0. The van der Waals surface area contributed by atoms with E-state index in [4.69, 9.17) is 28.4 Å². The van der Waals surface area contributed by atoms with Gasteiger partial charge in [-0.15, -0.1) is 0 Å². The van der Waals surface area contributed by atoms with Crippen molar-refractivity contribution in [1.82, 2.24) is 0 Å². The molecule has 10 heteroatoms. The van der Waals surface area contributed by atoms with Gasteiger partial charge < -0.3 is 28.4 Å². The Morgan fingerprint density at radius 3 is 1.21 bits per heavy atom. The van der Waals surface area contributed by atoms with Crippen LogP contribution in [0.3, 0.4) is 0 Å². The minimum absolute atomic E-state index is 0.395. The molecule has 0 atom stereocenters. The van der Waals surface area contributed by atoms with Gasteiger partial charge in [-0.2, -0.15) is 0 Å². The van der Waals surface area contributed by atoms with Crippen molar-refractivity contribution in [3.63, 3.8) is 0 Å². The minimum Gasteiger partial charge on any atom is -0.494 e. The van der Waals surface area contributed by atoms with Gasteiger partial charge in [-0.05, 0) is 145 Å². The van der Waals surface area contributed by atoms with Crippen LogP contribution in [-0.4, -0.2) is 50.3 Å². The molecule has 4 aromatic rings. The molecule has 1 aliphatic rings. The molecule has 0 saturated carbocycles. The van der Waals surface area contributed by atoms with E-state index in [1.54, 1.807) is 24.3 Å². The summed E-state index contributed by atoms with van der Waals surface area (Å²) in [5, 5.41) is 0. The van der Waals surface area contributed by atoms with E-state index in [1.165, 1.54) is 24.3 Å². The lowest BCUT2D eigenvalue weighted by Crippen LogP contribution is -2.16. The molecule has 0 aromatic heterocycles. The zero-order chi connectivity index (χ0) is 43.5. The normalized spacial score (nSPS) is 12.3. The predicted molar refractivity (Wildman–Crippen MR) is 236 cm³/mol. The number of carbonyl (C=O) groups is 4. The van der Waals surface area contributed by atoms with Gasteiger partial charge in [0.15, 0.2) is 0 Å². The third kappa shape index (κ3) is 14.2. The first-order chi connectivity index (χ1) is 29.5. The molecule has 4 aromatic carbocycles. The third-order valence-corrected chi connectivity index (χ3v) is 10.1. The summed E-state index contributed by atoms with van der Waals surface area (Å²) in [6, 6.07) is 26.2. The third-order valence-electron chi connectivity index (χ3n) is 10.1. The first kappa shape index (κ1) is 45.4. The highest BCUT2D eigenvalue weighted by molar-refractivity contribution is 5.90. The number of esters is 4. The molecule has 0 N–H and O–H groups in total. The Morgan fingerprint density at radius 2 is 0.836 bits per heavy atom. The fraction of sp³-hybridized carbons (Fsp3) is 0.294. The van der Waals surface area contributed by atoms with Crippen LogP contribution < -0.4 is 18.9 Å². The zero-order valence-electron chi connectivity index (χ0n) is 35.0. The van der Waals surface area contributed by atoms with Crippen LogP contribution in [0.5, 0.6) is 23.0 Å². The van der Waals surface area contributed by atoms with Crippen LogP contribution in [0, 0.1) is 0 Å². The van der Waals surface area contributed by atoms with Crippen molar-refractivity contribution >= 4 is 36.0 Å². The summed E-state index contributed by atoms with van der Waals surface area (Å²) in [6.07, 6.45) is 15.8. The molecule has 318 valence electrons. The molecule has 0 unspecified atom stereocenters. The number of unbranched alkanes of at least 4 members (excludes halogenated alkanes) is 6. The van der Waals surface area contributed by atoms with Gasteiger partial charge >= 0.3 is 23.9 Å². The van der Waals surface area contributed by atoms with Gasteiger partial charge in [0, 0.05) is 29.7 Å². The van der Waals surface area contributed by atoms with Crippen LogP contribution in [0.15, 0.2) is 122 Å². The zero-order valence-corrected chi connectivity index (χ0v) is 35.0. The molecule has 5 rings (SSSR count). The average Bonchev–Trinajstić information content (AvgIpc) is 3.48. The molecular weight excluding hydrogens is 773 g/mol. The molecule has 0 aliphatic heterocycles. The molecule has 0 radical (unpaired) electrons. The quantitative estimate of drug-likeness (QED) is 0.0292. The summed E-state index contributed by atoms with van der Waals surface area (Å²) in [6.45, 7) is 12.9. The summed E-state index contributed by atoms with van der Waals surface area (Å²) in [7, 11) is 0. The second-order valence-electron chi connectivity index (χ2n) is 15.0. The van der Waals surface area contributed by atoms with E-state index >= 15 is 0 Å². The average molecular weight is 827 g/mol. The van der Waals surface area contributed by atoms with E-state index in [-0.39, 0.29) is 0 Å². The lowest BCUT2D eigenvalue weighted by atomic mass is 9.82. The summed E-state index contributed by atoms with van der Waals surface area (Å²) in [5.74, 6) is 0.583. The Bertz CT molecular complexity index is 2040. The van der Waals surface area contributed by atoms with Gasteiger partial charge in [0.25, 0.3) is 0 Å². The smallest absolute Gasteiger partial charge is 0.336 e. The van der Waals surface area contributed by atoms with E-state index in [0.717, 1.165) is 96.2 Å². The number of fused-ring (bicyclic) bond motifs is 3.